The highest BCUT2D eigenvalue weighted by atomic mass is 16.1. The molecular formula is C43H27NO. The Kier molecular flexibility index (Phi) is 5.39. The lowest BCUT2D eigenvalue weighted by Crippen LogP contribution is -2.12. The van der Waals surface area contributed by atoms with Gasteiger partial charge in [0.05, 0.1) is 11.0 Å². The van der Waals surface area contributed by atoms with Crippen LogP contribution in [-0.4, -0.2) is 4.40 Å². The number of aromatic nitrogens is 1. The molecule has 0 aliphatic heterocycles. The molecule has 0 atom stereocenters. The molecule has 0 saturated heterocycles. The van der Waals surface area contributed by atoms with Crippen LogP contribution in [0.4, 0.5) is 0 Å². The van der Waals surface area contributed by atoms with Crippen molar-refractivity contribution in [2.24, 2.45) is 0 Å². The molecule has 2 heterocycles. The van der Waals surface area contributed by atoms with Crippen LogP contribution in [0.3, 0.4) is 0 Å². The van der Waals surface area contributed by atoms with Crippen LogP contribution >= 0.6 is 0 Å². The summed E-state index contributed by atoms with van der Waals surface area (Å²) in [6.07, 6.45) is 3.87. The van der Waals surface area contributed by atoms with Crippen LogP contribution in [0.25, 0.3) is 93.9 Å². The molecule has 2 aromatic heterocycles. The summed E-state index contributed by atoms with van der Waals surface area (Å²) in [7, 11) is 0. The molecule has 0 amide bonds. The minimum Gasteiger partial charge on any atom is -0.275 e. The standard InChI is InChI=1S/C43H27NO/c1-3-30-31(4-2)35-20-18-27(22-37(35)33-15-9-8-14-32(30)33)28-19-21-41-38(23-28)40-25-29(26-12-6-5-7-13-26)24-39-34-16-10-11-17-36(34)43(45)44(41)42(39)40/h3-25H,1-2H2. The maximum atomic E-state index is 14.0. The second kappa shape index (κ2) is 9.51. The van der Waals surface area contributed by atoms with E-state index in [2.05, 4.69) is 116 Å². The third-order valence-corrected chi connectivity index (χ3v) is 9.47. The Morgan fingerprint density at radius 1 is 0.422 bits per heavy atom. The summed E-state index contributed by atoms with van der Waals surface area (Å²) in [6.45, 7) is 8.24. The zero-order chi connectivity index (χ0) is 30.2. The lowest BCUT2D eigenvalue weighted by Gasteiger charge is -2.14. The highest BCUT2D eigenvalue weighted by Crippen LogP contribution is 2.41. The SMILES string of the molecule is C=Cc1c(C=C)c2ccc(-c3ccc4c(c3)c3cc(-c5ccccc5)cc5c6ccccc6c(=O)n4c53)cc2c2ccccc12. The van der Waals surface area contributed by atoms with E-state index in [1.807, 2.05) is 40.8 Å². The van der Waals surface area contributed by atoms with Gasteiger partial charge in [0.15, 0.2) is 0 Å². The number of fused-ring (bicyclic) bond motifs is 8. The number of benzene rings is 7. The summed E-state index contributed by atoms with van der Waals surface area (Å²) in [6, 6.07) is 44.6. The Labute approximate surface area is 259 Å². The van der Waals surface area contributed by atoms with E-state index in [4.69, 9.17) is 0 Å². The molecule has 9 rings (SSSR count). The maximum Gasteiger partial charge on any atom is 0.263 e. The zero-order valence-corrected chi connectivity index (χ0v) is 24.5. The molecule has 2 heteroatoms. The molecule has 45 heavy (non-hydrogen) atoms. The number of hydrogen-bond donors (Lipinski definition) is 0. The van der Waals surface area contributed by atoms with Gasteiger partial charge in [0.1, 0.15) is 0 Å². The Morgan fingerprint density at radius 2 is 0.933 bits per heavy atom. The molecular weight excluding hydrogens is 546 g/mol. The minimum absolute atomic E-state index is 0.0189. The molecule has 0 aliphatic carbocycles. The monoisotopic (exact) mass is 573 g/mol. The van der Waals surface area contributed by atoms with Crippen molar-refractivity contribution >= 4 is 71.7 Å². The molecule has 0 radical (unpaired) electrons. The van der Waals surface area contributed by atoms with Crippen molar-refractivity contribution in [3.05, 3.63) is 162 Å². The zero-order valence-electron chi connectivity index (χ0n) is 24.5. The average Bonchev–Trinajstić information content (AvgIpc) is 3.44. The van der Waals surface area contributed by atoms with Crippen molar-refractivity contribution in [3.8, 4) is 22.3 Å². The first kappa shape index (κ1) is 25.5. The summed E-state index contributed by atoms with van der Waals surface area (Å²) in [5.74, 6) is 0. The molecule has 0 fully saturated rings. The van der Waals surface area contributed by atoms with Crippen LogP contribution in [0, 0.1) is 0 Å². The van der Waals surface area contributed by atoms with E-state index < -0.39 is 0 Å². The highest BCUT2D eigenvalue weighted by Gasteiger charge is 2.19. The second-order valence-corrected chi connectivity index (χ2v) is 11.7. The topological polar surface area (TPSA) is 21.5 Å². The van der Waals surface area contributed by atoms with Gasteiger partial charge in [-0.2, -0.15) is 0 Å². The smallest absolute Gasteiger partial charge is 0.263 e. The van der Waals surface area contributed by atoms with Crippen LogP contribution < -0.4 is 5.56 Å². The summed E-state index contributed by atoms with van der Waals surface area (Å²) in [5.41, 5.74) is 8.65. The van der Waals surface area contributed by atoms with Gasteiger partial charge in [0.2, 0.25) is 0 Å². The van der Waals surface area contributed by atoms with Crippen LogP contribution in [-0.2, 0) is 0 Å². The van der Waals surface area contributed by atoms with E-state index in [9.17, 15) is 4.79 Å². The van der Waals surface area contributed by atoms with Crippen LogP contribution in [0.5, 0.6) is 0 Å². The van der Waals surface area contributed by atoms with Crippen LogP contribution in [0.1, 0.15) is 11.1 Å². The van der Waals surface area contributed by atoms with Gasteiger partial charge in [-0.1, -0.05) is 116 Å². The molecule has 0 spiro atoms. The Morgan fingerprint density at radius 3 is 1.62 bits per heavy atom. The van der Waals surface area contributed by atoms with Gasteiger partial charge in [-0.25, -0.2) is 0 Å². The maximum absolute atomic E-state index is 14.0. The predicted octanol–water partition coefficient (Wildman–Crippen LogP) is 11.1. The third-order valence-electron chi connectivity index (χ3n) is 9.47. The van der Waals surface area contributed by atoms with Gasteiger partial charge in [0.25, 0.3) is 5.56 Å². The molecule has 7 aromatic carbocycles. The minimum atomic E-state index is 0.0189. The Balaban J connectivity index is 1.37. The third kappa shape index (κ3) is 3.54. The van der Waals surface area contributed by atoms with Crippen LogP contribution in [0.2, 0.25) is 0 Å². The van der Waals surface area contributed by atoms with Gasteiger partial charge >= 0.3 is 0 Å². The van der Waals surface area contributed by atoms with Crippen LogP contribution in [0.15, 0.2) is 145 Å². The molecule has 0 N–H and O–H groups in total. The summed E-state index contributed by atoms with van der Waals surface area (Å²) < 4.78 is 1.92. The Bertz CT molecular complexity index is 2750. The van der Waals surface area contributed by atoms with Gasteiger partial charge < -0.3 is 0 Å². The van der Waals surface area contributed by atoms with Crippen molar-refractivity contribution in [1.29, 1.82) is 0 Å². The number of hydrogen-bond acceptors (Lipinski definition) is 1. The fourth-order valence-electron chi connectivity index (χ4n) is 7.43. The summed E-state index contributed by atoms with van der Waals surface area (Å²) >= 11 is 0. The fourth-order valence-corrected chi connectivity index (χ4v) is 7.43. The highest BCUT2D eigenvalue weighted by molar-refractivity contribution is 6.22. The number of nitrogens with zero attached hydrogens (tertiary/aromatic N) is 1. The van der Waals surface area contributed by atoms with E-state index in [1.165, 1.54) is 16.2 Å². The molecule has 9 aromatic rings. The molecule has 2 nitrogen and oxygen atoms in total. The molecule has 0 aliphatic rings. The average molecular weight is 574 g/mol. The quantitative estimate of drug-likeness (QED) is 0.192. The lowest BCUT2D eigenvalue weighted by atomic mass is 9.89. The van der Waals surface area contributed by atoms with Gasteiger partial charge in [-0.3, -0.25) is 9.20 Å². The largest absolute Gasteiger partial charge is 0.275 e. The normalized spacial score (nSPS) is 11.8. The summed E-state index contributed by atoms with van der Waals surface area (Å²) in [5, 5.41) is 9.67. The van der Waals surface area contributed by atoms with Crippen molar-refractivity contribution in [3.63, 3.8) is 0 Å². The summed E-state index contributed by atoms with van der Waals surface area (Å²) in [4.78, 5) is 14.0. The second-order valence-electron chi connectivity index (χ2n) is 11.7. The van der Waals surface area contributed by atoms with Crippen molar-refractivity contribution in [1.82, 2.24) is 4.40 Å². The lowest BCUT2D eigenvalue weighted by molar-refractivity contribution is 1.21. The van der Waals surface area contributed by atoms with E-state index in [-0.39, 0.29) is 5.56 Å². The van der Waals surface area contributed by atoms with Crippen molar-refractivity contribution in [2.75, 3.05) is 0 Å². The number of rotatable bonds is 4. The van der Waals surface area contributed by atoms with Crippen molar-refractivity contribution < 1.29 is 0 Å². The molecule has 210 valence electrons. The number of pyridine rings is 1. The van der Waals surface area contributed by atoms with Gasteiger partial charge in [-0.05, 0) is 96.7 Å². The van der Waals surface area contributed by atoms with E-state index >= 15 is 0 Å². The Hall–Kier alpha value is -5.99. The van der Waals surface area contributed by atoms with Crippen molar-refractivity contribution in [2.45, 2.75) is 0 Å². The van der Waals surface area contributed by atoms with Gasteiger partial charge in [0, 0.05) is 21.5 Å². The fraction of sp³-hybridized carbons (Fsp3) is 0. The molecule has 0 saturated carbocycles. The van der Waals surface area contributed by atoms with E-state index in [0.717, 1.165) is 76.7 Å². The molecule has 0 bridgehead atoms. The molecule has 0 unspecified atom stereocenters. The van der Waals surface area contributed by atoms with E-state index in [0.29, 0.717) is 0 Å². The first-order chi connectivity index (χ1) is 22.2. The van der Waals surface area contributed by atoms with E-state index in [1.54, 1.807) is 0 Å². The predicted molar refractivity (Wildman–Crippen MR) is 193 cm³/mol. The first-order valence-electron chi connectivity index (χ1n) is 15.2. The van der Waals surface area contributed by atoms with Gasteiger partial charge in [-0.15, -0.1) is 0 Å². The first-order valence-corrected chi connectivity index (χ1v) is 15.2.